The summed E-state index contributed by atoms with van der Waals surface area (Å²) in [4.78, 5) is 12.5. The number of benzene rings is 1. The number of rotatable bonds is 13. The summed E-state index contributed by atoms with van der Waals surface area (Å²) in [5.74, 6) is -6.16. The van der Waals surface area contributed by atoms with Crippen LogP contribution in [0.1, 0.15) is 76.7 Å². The molecular weight excluding hydrogens is 442 g/mol. The van der Waals surface area contributed by atoms with E-state index in [2.05, 4.69) is 0 Å². The van der Waals surface area contributed by atoms with E-state index in [0.717, 1.165) is 18.4 Å². The van der Waals surface area contributed by atoms with Crippen LogP contribution in [0.5, 0.6) is 0 Å². The number of carbonyl (C=O) groups is 1. The Morgan fingerprint density at radius 1 is 1.26 bits per heavy atom. The van der Waals surface area contributed by atoms with Crippen molar-refractivity contribution >= 4 is 5.78 Å². The van der Waals surface area contributed by atoms with Crippen LogP contribution in [0.3, 0.4) is 0 Å². The summed E-state index contributed by atoms with van der Waals surface area (Å²) in [6, 6.07) is 9.67. The van der Waals surface area contributed by atoms with Crippen molar-refractivity contribution in [1.29, 1.82) is 0 Å². The molecule has 1 aromatic carbocycles. The van der Waals surface area contributed by atoms with Crippen LogP contribution in [0, 0.1) is 11.8 Å². The first kappa shape index (κ1) is 26.9. The van der Waals surface area contributed by atoms with Gasteiger partial charge in [-0.1, -0.05) is 55.8 Å². The van der Waals surface area contributed by atoms with E-state index in [9.17, 15) is 23.8 Å². The van der Waals surface area contributed by atoms with Gasteiger partial charge in [0.1, 0.15) is 5.78 Å². The Bertz CT molecular complexity index is 799. The van der Waals surface area contributed by atoms with Gasteiger partial charge in [0.15, 0.2) is 6.29 Å². The van der Waals surface area contributed by atoms with Crippen LogP contribution in [0.4, 0.5) is 8.78 Å². The second kappa shape index (κ2) is 12.3. The van der Waals surface area contributed by atoms with Crippen LogP contribution in [-0.4, -0.2) is 40.1 Å². The van der Waals surface area contributed by atoms with Crippen molar-refractivity contribution in [1.82, 2.24) is 0 Å². The Morgan fingerprint density at radius 3 is 2.76 bits per heavy atom. The number of hydrogen-bond donors (Lipinski definition) is 2. The number of fused-ring (bicyclic) bond motifs is 1. The largest absolute Gasteiger partial charge is 0.368 e. The van der Waals surface area contributed by atoms with Crippen molar-refractivity contribution < 1.29 is 33.3 Å². The molecule has 0 radical (unpaired) electrons. The molecule has 2 fully saturated rings. The van der Waals surface area contributed by atoms with Gasteiger partial charge in [-0.3, -0.25) is 4.79 Å². The fraction of sp³-hybridized carbons (Fsp3) is 0.667. The molecule has 34 heavy (non-hydrogen) atoms. The minimum absolute atomic E-state index is 0.0190. The predicted octanol–water partition coefficient (Wildman–Crippen LogP) is 5.54. The van der Waals surface area contributed by atoms with Gasteiger partial charge in [-0.2, -0.15) is 0 Å². The third-order valence-corrected chi connectivity index (χ3v) is 7.05. The third-order valence-electron chi connectivity index (χ3n) is 7.05. The molecule has 0 aromatic heterocycles. The topological polar surface area (TPSA) is 76.0 Å². The summed E-state index contributed by atoms with van der Waals surface area (Å²) in [5, 5.41) is 20.5. The first-order valence-corrected chi connectivity index (χ1v) is 12.5. The second-order valence-electron chi connectivity index (χ2n) is 9.62. The number of halogens is 2. The Balaban J connectivity index is 1.38. The van der Waals surface area contributed by atoms with Gasteiger partial charge in [0.2, 0.25) is 5.79 Å². The van der Waals surface area contributed by atoms with Crippen molar-refractivity contribution in [2.75, 3.05) is 0 Å². The van der Waals surface area contributed by atoms with E-state index < -0.39 is 30.5 Å². The number of ether oxygens (including phenoxy) is 2. The van der Waals surface area contributed by atoms with Crippen molar-refractivity contribution in [2.24, 2.45) is 11.8 Å². The average molecular weight is 481 g/mol. The van der Waals surface area contributed by atoms with Crippen molar-refractivity contribution in [3.63, 3.8) is 0 Å². The highest BCUT2D eigenvalue weighted by Crippen LogP contribution is 2.49. The number of unbranched alkanes of at least 4 members (excludes halogenated alkanes) is 2. The SMILES string of the molecule is CCCCC(F)(F)[C@@]1(O)CC[C@H]2C(CC(=O)[C@@H]2C/C=C\CCCC(O)OCc2ccccc2)O1. The Hall–Kier alpha value is -1.67. The van der Waals surface area contributed by atoms with Gasteiger partial charge < -0.3 is 19.7 Å². The zero-order valence-corrected chi connectivity index (χ0v) is 20.0. The van der Waals surface area contributed by atoms with Crippen LogP contribution in [0.2, 0.25) is 0 Å². The fourth-order valence-corrected chi connectivity index (χ4v) is 4.98. The lowest BCUT2D eigenvalue weighted by Gasteiger charge is -2.43. The van der Waals surface area contributed by atoms with Crippen molar-refractivity contribution in [2.45, 2.75) is 102 Å². The number of aliphatic hydroxyl groups is 2. The molecule has 0 bridgehead atoms. The van der Waals surface area contributed by atoms with E-state index >= 15 is 0 Å². The molecule has 1 aliphatic heterocycles. The van der Waals surface area contributed by atoms with Crippen molar-refractivity contribution in [3.05, 3.63) is 48.0 Å². The van der Waals surface area contributed by atoms with Gasteiger partial charge in [0.05, 0.1) is 12.7 Å². The molecule has 1 heterocycles. The highest BCUT2D eigenvalue weighted by Gasteiger charge is 2.59. The molecule has 1 saturated carbocycles. The van der Waals surface area contributed by atoms with E-state index in [1.807, 2.05) is 49.4 Å². The first-order valence-electron chi connectivity index (χ1n) is 12.5. The molecule has 5 nitrogen and oxygen atoms in total. The number of ketones is 1. The number of aliphatic hydroxyl groups excluding tert-OH is 1. The van der Waals surface area contributed by atoms with Gasteiger partial charge in [-0.15, -0.1) is 0 Å². The Kier molecular flexibility index (Phi) is 9.77. The van der Waals surface area contributed by atoms with E-state index in [1.54, 1.807) is 0 Å². The maximum Gasteiger partial charge on any atom is 0.300 e. The smallest absolute Gasteiger partial charge is 0.300 e. The number of alkyl halides is 2. The molecule has 5 atom stereocenters. The number of Topliss-reactive ketones (excluding diaryl/α,β-unsaturated/α-hetero) is 1. The third kappa shape index (κ3) is 6.94. The molecule has 1 aromatic rings. The lowest BCUT2D eigenvalue weighted by Crippen LogP contribution is -2.55. The maximum atomic E-state index is 14.5. The highest BCUT2D eigenvalue weighted by atomic mass is 19.3. The standard InChI is InChI=1S/C27H38F2O5/c1-2-3-16-26(28,29)27(32)17-15-22-21(23(30)18-24(22)34-27)13-9-4-5-10-14-25(31)33-19-20-11-7-6-8-12-20/h4,6-9,11-12,21-22,24-25,31-32H,2-3,5,10,13-19H2,1H3/b9-4-/t21-,22-,24?,25?,27-/m1/s1. The van der Waals surface area contributed by atoms with Crippen molar-refractivity contribution in [3.8, 4) is 0 Å². The normalized spacial score (nSPS) is 28.4. The van der Waals surface area contributed by atoms with E-state index in [-0.39, 0.29) is 30.5 Å². The molecule has 1 saturated heterocycles. The summed E-state index contributed by atoms with van der Waals surface area (Å²) in [7, 11) is 0. The van der Waals surface area contributed by atoms with Gasteiger partial charge in [-0.05, 0) is 50.0 Å². The molecule has 2 unspecified atom stereocenters. The highest BCUT2D eigenvalue weighted by molar-refractivity contribution is 5.84. The Morgan fingerprint density at radius 2 is 2.03 bits per heavy atom. The van der Waals surface area contributed by atoms with Gasteiger partial charge in [0, 0.05) is 25.2 Å². The minimum Gasteiger partial charge on any atom is -0.368 e. The quantitative estimate of drug-likeness (QED) is 0.220. The molecule has 2 N–H and O–H groups in total. The Labute approximate surface area is 201 Å². The molecule has 3 rings (SSSR count). The first-order chi connectivity index (χ1) is 16.3. The van der Waals surface area contributed by atoms with E-state index in [0.29, 0.717) is 38.7 Å². The van der Waals surface area contributed by atoms with Gasteiger partial charge in [0.25, 0.3) is 0 Å². The average Bonchev–Trinajstić information content (AvgIpc) is 3.12. The molecule has 7 heteroatoms. The van der Waals surface area contributed by atoms with E-state index in [4.69, 9.17) is 9.47 Å². The van der Waals surface area contributed by atoms with Crippen LogP contribution in [0.15, 0.2) is 42.5 Å². The summed E-state index contributed by atoms with van der Waals surface area (Å²) >= 11 is 0. The minimum atomic E-state index is -3.32. The lowest BCUT2D eigenvalue weighted by molar-refractivity contribution is -0.356. The predicted molar refractivity (Wildman–Crippen MR) is 125 cm³/mol. The van der Waals surface area contributed by atoms with Crippen LogP contribution < -0.4 is 0 Å². The van der Waals surface area contributed by atoms with Gasteiger partial charge >= 0.3 is 5.92 Å². The zero-order chi connectivity index (χ0) is 24.6. The zero-order valence-electron chi connectivity index (χ0n) is 20.0. The molecule has 190 valence electrons. The molecule has 2 aliphatic rings. The van der Waals surface area contributed by atoms with Crippen LogP contribution >= 0.6 is 0 Å². The monoisotopic (exact) mass is 480 g/mol. The van der Waals surface area contributed by atoms with E-state index in [1.165, 1.54) is 0 Å². The lowest BCUT2D eigenvalue weighted by atomic mass is 9.82. The molecule has 0 spiro atoms. The summed E-state index contributed by atoms with van der Waals surface area (Å²) in [6.07, 6.45) is 5.85. The number of carbonyl (C=O) groups excluding carboxylic acids is 1. The number of allylic oxidation sites excluding steroid dienone is 2. The number of hydrogen-bond acceptors (Lipinski definition) is 5. The van der Waals surface area contributed by atoms with Crippen LogP contribution in [0.25, 0.3) is 0 Å². The maximum absolute atomic E-state index is 14.5. The van der Waals surface area contributed by atoms with Gasteiger partial charge in [-0.25, -0.2) is 8.78 Å². The second-order valence-corrected chi connectivity index (χ2v) is 9.62. The van der Waals surface area contributed by atoms with Crippen LogP contribution in [-0.2, 0) is 20.9 Å². The molecule has 0 amide bonds. The molecule has 1 aliphatic carbocycles. The fourth-order valence-electron chi connectivity index (χ4n) is 4.98. The molecular formula is C27H38F2O5. The summed E-state index contributed by atoms with van der Waals surface area (Å²) in [6.45, 7) is 2.19. The summed E-state index contributed by atoms with van der Waals surface area (Å²) in [5.41, 5.74) is 1.01. The summed E-state index contributed by atoms with van der Waals surface area (Å²) < 4.78 is 40.0.